The molecule has 6 heteroatoms. The molecule has 0 aliphatic heterocycles. The average Bonchev–Trinajstić information content (AvgIpc) is 3.02. The Balaban J connectivity index is 2.04. The Kier molecular flexibility index (Phi) is 4.56. The first kappa shape index (κ1) is 15.9. The van der Waals surface area contributed by atoms with E-state index in [1.165, 1.54) is 35.6 Å². The lowest BCUT2D eigenvalue weighted by molar-refractivity contribution is -0.00283. The lowest BCUT2D eigenvalue weighted by Crippen LogP contribution is -2.27. The van der Waals surface area contributed by atoms with Crippen molar-refractivity contribution in [3.63, 3.8) is 0 Å². The fourth-order valence-electron chi connectivity index (χ4n) is 2.39. The van der Waals surface area contributed by atoms with Gasteiger partial charge in [-0.05, 0) is 41.3 Å². The fraction of sp³-hybridized carbons (Fsp3) is 0.176. The summed E-state index contributed by atoms with van der Waals surface area (Å²) < 4.78 is 34.1. The van der Waals surface area contributed by atoms with Gasteiger partial charge in [0.25, 0.3) is 0 Å². The zero-order chi connectivity index (χ0) is 16.4. The van der Waals surface area contributed by atoms with E-state index in [-0.39, 0.29) is 5.75 Å². The van der Waals surface area contributed by atoms with Gasteiger partial charge in [0, 0.05) is 10.1 Å². The van der Waals surface area contributed by atoms with E-state index in [9.17, 15) is 19.0 Å². The minimum atomic E-state index is -1.31. The van der Waals surface area contributed by atoms with Gasteiger partial charge in [-0.3, -0.25) is 0 Å². The second-order valence-electron chi connectivity index (χ2n) is 5.05. The summed E-state index contributed by atoms with van der Waals surface area (Å²) in [6.45, 7) is -0.595. The summed E-state index contributed by atoms with van der Waals surface area (Å²) in [4.78, 5) is 0. The molecule has 0 radical (unpaired) electrons. The maximum Gasteiger partial charge on any atom is 0.165 e. The van der Waals surface area contributed by atoms with Crippen molar-refractivity contribution in [1.82, 2.24) is 0 Å². The van der Waals surface area contributed by atoms with Gasteiger partial charge in [-0.25, -0.2) is 8.78 Å². The van der Waals surface area contributed by atoms with Crippen LogP contribution in [0.25, 0.3) is 10.1 Å². The van der Waals surface area contributed by atoms with Gasteiger partial charge < -0.3 is 14.9 Å². The van der Waals surface area contributed by atoms with Crippen LogP contribution in [0, 0.1) is 11.6 Å². The molecule has 0 aliphatic rings. The lowest BCUT2D eigenvalue weighted by Gasteiger charge is -2.24. The van der Waals surface area contributed by atoms with E-state index in [0.29, 0.717) is 10.9 Å². The summed E-state index contributed by atoms with van der Waals surface area (Å²) in [5.74, 6) is -1.11. The van der Waals surface area contributed by atoms with Crippen molar-refractivity contribution in [2.75, 3.05) is 6.61 Å². The smallest absolute Gasteiger partial charge is 0.165 e. The van der Waals surface area contributed by atoms with Gasteiger partial charge in [0.15, 0.2) is 17.7 Å². The highest BCUT2D eigenvalue weighted by Crippen LogP contribution is 2.36. The van der Waals surface area contributed by atoms with Crippen LogP contribution in [0.5, 0.6) is 5.75 Å². The Hall–Kier alpha value is -2.02. The Morgan fingerprint density at radius 1 is 1.13 bits per heavy atom. The first-order valence-corrected chi connectivity index (χ1v) is 7.85. The van der Waals surface area contributed by atoms with Gasteiger partial charge in [0.2, 0.25) is 0 Å². The minimum Gasteiger partial charge on any atom is -0.479 e. The number of fused-ring (bicyclic) bond motifs is 1. The van der Waals surface area contributed by atoms with Crippen molar-refractivity contribution in [2.45, 2.75) is 12.2 Å². The third-order valence-corrected chi connectivity index (χ3v) is 4.38. The van der Waals surface area contributed by atoms with Crippen LogP contribution < -0.4 is 4.74 Å². The van der Waals surface area contributed by atoms with E-state index in [2.05, 4.69) is 0 Å². The molecule has 0 unspecified atom stereocenters. The van der Waals surface area contributed by atoms with E-state index in [1.54, 1.807) is 23.6 Å². The van der Waals surface area contributed by atoms with Crippen LogP contribution in [-0.4, -0.2) is 22.9 Å². The number of benzene rings is 2. The molecule has 2 atom stereocenters. The number of ether oxygens (including phenoxy) is 1. The SMILES string of the molecule is OC[C@@H](O)[C@@H](Oc1c(F)ccc2sccc12)c1cccc(F)c1. The Labute approximate surface area is 135 Å². The van der Waals surface area contributed by atoms with Crippen molar-refractivity contribution in [2.24, 2.45) is 0 Å². The monoisotopic (exact) mass is 336 g/mol. The standard InChI is InChI=1S/C17H14F2O3S/c18-11-3-1-2-10(8-11)16(14(21)9-20)22-17-12-6-7-23-15(12)5-4-13(17)19/h1-8,14,16,20-21H,9H2/t14-,16+/m1/s1. The number of aliphatic hydroxyl groups is 2. The van der Waals surface area contributed by atoms with Gasteiger partial charge in [-0.1, -0.05) is 12.1 Å². The van der Waals surface area contributed by atoms with Gasteiger partial charge in [-0.2, -0.15) is 0 Å². The summed E-state index contributed by atoms with van der Waals surface area (Å²) in [6, 6.07) is 10.1. The van der Waals surface area contributed by atoms with Gasteiger partial charge in [0.05, 0.1) is 6.61 Å². The molecule has 2 N–H and O–H groups in total. The normalized spacial score (nSPS) is 13.9. The maximum absolute atomic E-state index is 14.2. The number of hydrogen-bond donors (Lipinski definition) is 2. The molecule has 0 bridgehead atoms. The number of rotatable bonds is 5. The molecule has 3 nitrogen and oxygen atoms in total. The van der Waals surface area contributed by atoms with Crippen LogP contribution >= 0.6 is 11.3 Å². The van der Waals surface area contributed by atoms with Crippen LogP contribution in [0.15, 0.2) is 47.8 Å². The van der Waals surface area contributed by atoms with Crippen molar-refractivity contribution < 1.29 is 23.7 Å². The number of hydrogen-bond acceptors (Lipinski definition) is 4. The van der Waals surface area contributed by atoms with E-state index < -0.39 is 30.4 Å². The molecule has 2 aromatic carbocycles. The maximum atomic E-state index is 14.2. The predicted octanol–water partition coefficient (Wildman–Crippen LogP) is 3.65. The molecule has 0 saturated carbocycles. The molecular weight excluding hydrogens is 322 g/mol. The van der Waals surface area contributed by atoms with Crippen molar-refractivity contribution in [3.05, 3.63) is 65.0 Å². The quantitative estimate of drug-likeness (QED) is 0.748. The first-order valence-electron chi connectivity index (χ1n) is 6.97. The van der Waals surface area contributed by atoms with Crippen LogP contribution in [0.2, 0.25) is 0 Å². The summed E-state index contributed by atoms with van der Waals surface area (Å²) in [7, 11) is 0. The predicted molar refractivity (Wildman–Crippen MR) is 84.6 cm³/mol. The number of aliphatic hydroxyl groups excluding tert-OH is 2. The highest BCUT2D eigenvalue weighted by molar-refractivity contribution is 7.17. The molecule has 0 amide bonds. The van der Waals surface area contributed by atoms with E-state index in [1.807, 2.05) is 0 Å². The number of thiophene rings is 1. The zero-order valence-corrected chi connectivity index (χ0v) is 12.8. The van der Waals surface area contributed by atoms with Gasteiger partial charge in [-0.15, -0.1) is 11.3 Å². The fourth-order valence-corrected chi connectivity index (χ4v) is 3.17. The molecule has 120 valence electrons. The van der Waals surface area contributed by atoms with Crippen LogP contribution in [0.3, 0.4) is 0 Å². The second-order valence-corrected chi connectivity index (χ2v) is 6.00. The summed E-state index contributed by atoms with van der Waals surface area (Å²) in [5.41, 5.74) is 0.318. The summed E-state index contributed by atoms with van der Waals surface area (Å²) in [5, 5.41) is 21.6. The third-order valence-electron chi connectivity index (χ3n) is 3.50. The van der Waals surface area contributed by atoms with Crippen molar-refractivity contribution in [1.29, 1.82) is 0 Å². The third kappa shape index (κ3) is 3.19. The Morgan fingerprint density at radius 2 is 1.96 bits per heavy atom. The molecule has 0 fully saturated rings. The van der Waals surface area contributed by atoms with E-state index in [0.717, 1.165) is 4.70 Å². The van der Waals surface area contributed by atoms with Crippen molar-refractivity contribution >= 4 is 21.4 Å². The first-order chi connectivity index (χ1) is 11.1. The summed E-state index contributed by atoms with van der Waals surface area (Å²) >= 11 is 1.43. The van der Waals surface area contributed by atoms with Gasteiger partial charge >= 0.3 is 0 Å². The van der Waals surface area contributed by atoms with E-state index >= 15 is 0 Å². The highest BCUT2D eigenvalue weighted by atomic mass is 32.1. The van der Waals surface area contributed by atoms with Crippen LogP contribution in [0.4, 0.5) is 8.78 Å². The van der Waals surface area contributed by atoms with Gasteiger partial charge in [0.1, 0.15) is 11.9 Å². The van der Waals surface area contributed by atoms with Crippen molar-refractivity contribution in [3.8, 4) is 5.75 Å². The highest BCUT2D eigenvalue weighted by Gasteiger charge is 2.25. The minimum absolute atomic E-state index is 0.0227. The Bertz CT molecular complexity index is 818. The Morgan fingerprint density at radius 3 is 2.70 bits per heavy atom. The largest absolute Gasteiger partial charge is 0.479 e. The summed E-state index contributed by atoms with van der Waals surface area (Å²) in [6.07, 6.45) is -2.40. The van der Waals surface area contributed by atoms with E-state index in [4.69, 9.17) is 4.74 Å². The molecule has 0 aliphatic carbocycles. The molecule has 23 heavy (non-hydrogen) atoms. The number of halogens is 2. The molecule has 3 aromatic rings. The van der Waals surface area contributed by atoms with Crippen LogP contribution in [-0.2, 0) is 0 Å². The lowest BCUT2D eigenvalue weighted by atomic mass is 10.0. The molecule has 0 spiro atoms. The molecule has 1 aromatic heterocycles. The molecule has 0 saturated heterocycles. The molecule has 3 rings (SSSR count). The molecule has 1 heterocycles. The zero-order valence-electron chi connectivity index (χ0n) is 11.9. The topological polar surface area (TPSA) is 49.7 Å². The molecular formula is C17H14F2O3S. The van der Waals surface area contributed by atoms with Crippen LogP contribution in [0.1, 0.15) is 11.7 Å². The second kappa shape index (κ2) is 6.62. The average molecular weight is 336 g/mol.